The van der Waals surface area contributed by atoms with Gasteiger partial charge < -0.3 is 15.1 Å². The summed E-state index contributed by atoms with van der Waals surface area (Å²) in [6.07, 6.45) is 4.15. The predicted molar refractivity (Wildman–Crippen MR) is 97.5 cm³/mol. The summed E-state index contributed by atoms with van der Waals surface area (Å²) in [6, 6.07) is 5.61. The van der Waals surface area contributed by atoms with Crippen LogP contribution in [0.4, 0.5) is 5.82 Å². The van der Waals surface area contributed by atoms with Crippen LogP contribution < -0.4 is 5.32 Å². The first-order chi connectivity index (χ1) is 12.5. The number of aryl methyl sites for hydroxylation is 1. The molecule has 138 valence electrons. The third kappa shape index (κ3) is 3.84. The fraction of sp³-hybridized carbons (Fsp3) is 0.444. The fourth-order valence-corrected chi connectivity index (χ4v) is 3.06. The van der Waals surface area contributed by atoms with Crippen molar-refractivity contribution in [1.29, 1.82) is 0 Å². The number of pyridine rings is 1. The monoisotopic (exact) mass is 356 g/mol. The average Bonchev–Trinajstić information content (AvgIpc) is 3.28. The number of likely N-dealkylation sites (N-methyl/N-ethyl adjacent to an activating group) is 1. The molecule has 2 amide bonds. The minimum absolute atomic E-state index is 0.0230. The lowest BCUT2D eigenvalue weighted by molar-refractivity contribution is -0.129. The third-order valence-electron chi connectivity index (χ3n) is 4.88. The normalized spacial score (nSPS) is 16.6. The standard InChI is InChI=1S/C18H24N6O2/c1-13(25)22(2)16-7-9-24(12-16)18(26)14-4-5-17(19-10-14)20-11-15-6-8-21-23(15)3/h4-6,8,10,16H,7,9,11-12H2,1-3H3,(H,19,20)/t16-/m0/s1. The van der Waals surface area contributed by atoms with Gasteiger partial charge in [0, 0.05) is 46.5 Å². The van der Waals surface area contributed by atoms with E-state index in [1.807, 2.05) is 13.1 Å². The number of nitrogens with one attached hydrogen (secondary N) is 1. The maximum Gasteiger partial charge on any atom is 0.255 e. The maximum absolute atomic E-state index is 12.6. The molecule has 0 spiro atoms. The van der Waals surface area contributed by atoms with Crippen molar-refractivity contribution < 1.29 is 9.59 Å². The quantitative estimate of drug-likeness (QED) is 0.868. The Morgan fingerprint density at radius 1 is 1.35 bits per heavy atom. The van der Waals surface area contributed by atoms with Gasteiger partial charge in [-0.1, -0.05) is 0 Å². The number of carbonyl (C=O) groups excluding carboxylic acids is 2. The van der Waals surface area contributed by atoms with Gasteiger partial charge in [-0.3, -0.25) is 14.3 Å². The molecule has 0 saturated carbocycles. The highest BCUT2D eigenvalue weighted by Gasteiger charge is 2.30. The van der Waals surface area contributed by atoms with E-state index in [0.29, 0.717) is 31.0 Å². The molecule has 0 aromatic carbocycles. The number of rotatable bonds is 5. The summed E-state index contributed by atoms with van der Waals surface area (Å²) in [5, 5.41) is 7.34. The van der Waals surface area contributed by atoms with E-state index in [1.54, 1.807) is 53.0 Å². The van der Waals surface area contributed by atoms with Crippen LogP contribution in [0, 0.1) is 0 Å². The molecule has 1 atom stereocenters. The Labute approximate surface area is 152 Å². The van der Waals surface area contributed by atoms with Gasteiger partial charge in [0.25, 0.3) is 5.91 Å². The summed E-state index contributed by atoms with van der Waals surface area (Å²) in [7, 11) is 3.67. The van der Waals surface area contributed by atoms with E-state index in [4.69, 9.17) is 0 Å². The number of likely N-dealkylation sites (tertiary alicyclic amines) is 1. The third-order valence-corrected chi connectivity index (χ3v) is 4.88. The maximum atomic E-state index is 12.6. The molecule has 0 aliphatic carbocycles. The molecular formula is C18H24N6O2. The zero-order valence-corrected chi connectivity index (χ0v) is 15.3. The Bertz CT molecular complexity index is 785. The van der Waals surface area contributed by atoms with E-state index in [2.05, 4.69) is 15.4 Å². The first-order valence-corrected chi connectivity index (χ1v) is 8.65. The first-order valence-electron chi connectivity index (χ1n) is 8.65. The summed E-state index contributed by atoms with van der Waals surface area (Å²) >= 11 is 0. The smallest absolute Gasteiger partial charge is 0.255 e. The Morgan fingerprint density at radius 2 is 2.15 bits per heavy atom. The molecule has 3 heterocycles. The van der Waals surface area contributed by atoms with Gasteiger partial charge in [-0.2, -0.15) is 5.10 Å². The van der Waals surface area contributed by atoms with E-state index in [1.165, 1.54) is 0 Å². The molecule has 26 heavy (non-hydrogen) atoms. The zero-order valence-electron chi connectivity index (χ0n) is 15.3. The minimum Gasteiger partial charge on any atom is -0.364 e. The lowest BCUT2D eigenvalue weighted by Gasteiger charge is -2.23. The molecule has 1 aliphatic rings. The number of amides is 2. The topological polar surface area (TPSA) is 83.4 Å². The van der Waals surface area contributed by atoms with E-state index >= 15 is 0 Å². The molecule has 0 radical (unpaired) electrons. The van der Waals surface area contributed by atoms with E-state index in [0.717, 1.165) is 12.1 Å². The summed E-state index contributed by atoms with van der Waals surface area (Å²) in [4.78, 5) is 31.9. The zero-order chi connectivity index (χ0) is 18.7. The Kier molecular flexibility index (Phi) is 5.20. The van der Waals surface area contributed by atoms with Crippen molar-refractivity contribution in [3.05, 3.63) is 41.9 Å². The van der Waals surface area contributed by atoms with Crippen LogP contribution in [0.1, 0.15) is 29.4 Å². The summed E-state index contributed by atoms with van der Waals surface area (Å²) in [5.74, 6) is 0.684. The highest BCUT2D eigenvalue weighted by Crippen LogP contribution is 2.18. The van der Waals surface area contributed by atoms with Crippen molar-refractivity contribution in [3.63, 3.8) is 0 Å². The Morgan fingerprint density at radius 3 is 2.77 bits per heavy atom. The molecule has 1 N–H and O–H groups in total. The van der Waals surface area contributed by atoms with Crippen LogP contribution in [0.5, 0.6) is 0 Å². The molecule has 8 heteroatoms. The second-order valence-electron chi connectivity index (χ2n) is 6.56. The lowest BCUT2D eigenvalue weighted by Crippen LogP contribution is -2.38. The molecule has 1 aliphatic heterocycles. The lowest BCUT2D eigenvalue weighted by atomic mass is 10.2. The van der Waals surface area contributed by atoms with Gasteiger partial charge in [-0.25, -0.2) is 4.98 Å². The van der Waals surface area contributed by atoms with Crippen molar-refractivity contribution in [2.24, 2.45) is 7.05 Å². The number of aromatic nitrogens is 3. The Balaban J connectivity index is 1.57. The van der Waals surface area contributed by atoms with Crippen LogP contribution in [0.25, 0.3) is 0 Å². The number of nitrogens with zero attached hydrogens (tertiary/aromatic N) is 5. The van der Waals surface area contributed by atoms with Crippen LogP contribution in [0.15, 0.2) is 30.6 Å². The van der Waals surface area contributed by atoms with Crippen molar-refractivity contribution in [3.8, 4) is 0 Å². The number of carbonyl (C=O) groups is 2. The number of hydrogen-bond acceptors (Lipinski definition) is 5. The molecule has 3 rings (SSSR count). The van der Waals surface area contributed by atoms with Crippen LogP contribution in [0.2, 0.25) is 0 Å². The molecular weight excluding hydrogens is 332 g/mol. The molecule has 2 aromatic heterocycles. The highest BCUT2D eigenvalue weighted by atomic mass is 16.2. The van der Waals surface area contributed by atoms with Gasteiger partial charge in [0.15, 0.2) is 0 Å². The molecule has 1 saturated heterocycles. The van der Waals surface area contributed by atoms with E-state index in [-0.39, 0.29) is 17.9 Å². The van der Waals surface area contributed by atoms with Gasteiger partial charge in [-0.05, 0) is 24.6 Å². The summed E-state index contributed by atoms with van der Waals surface area (Å²) in [5.41, 5.74) is 1.60. The van der Waals surface area contributed by atoms with Gasteiger partial charge in [0.1, 0.15) is 5.82 Å². The van der Waals surface area contributed by atoms with E-state index in [9.17, 15) is 9.59 Å². The van der Waals surface area contributed by atoms with Gasteiger partial charge >= 0.3 is 0 Å². The number of anilines is 1. The van der Waals surface area contributed by atoms with Crippen LogP contribution in [-0.4, -0.2) is 62.6 Å². The predicted octanol–water partition coefficient (Wildman–Crippen LogP) is 1.12. The largest absolute Gasteiger partial charge is 0.364 e. The van der Waals surface area contributed by atoms with Crippen LogP contribution in [-0.2, 0) is 18.4 Å². The average molecular weight is 356 g/mol. The summed E-state index contributed by atoms with van der Waals surface area (Å²) < 4.78 is 1.80. The van der Waals surface area contributed by atoms with Crippen molar-refractivity contribution in [2.45, 2.75) is 25.9 Å². The molecule has 2 aromatic rings. The summed E-state index contributed by atoms with van der Waals surface area (Å²) in [6.45, 7) is 3.38. The molecule has 8 nitrogen and oxygen atoms in total. The fourth-order valence-electron chi connectivity index (χ4n) is 3.06. The van der Waals surface area contributed by atoms with E-state index < -0.39 is 0 Å². The molecule has 0 unspecified atom stereocenters. The molecule has 1 fully saturated rings. The minimum atomic E-state index is -0.0462. The van der Waals surface area contributed by atoms with Crippen molar-refractivity contribution in [1.82, 2.24) is 24.6 Å². The van der Waals surface area contributed by atoms with Gasteiger partial charge in [0.05, 0.1) is 23.8 Å². The second kappa shape index (κ2) is 7.55. The number of hydrogen-bond donors (Lipinski definition) is 1. The van der Waals surface area contributed by atoms with Crippen LogP contribution in [0.3, 0.4) is 0 Å². The van der Waals surface area contributed by atoms with Crippen molar-refractivity contribution >= 4 is 17.6 Å². The molecule has 0 bridgehead atoms. The highest BCUT2D eigenvalue weighted by molar-refractivity contribution is 5.94. The second-order valence-corrected chi connectivity index (χ2v) is 6.56. The van der Waals surface area contributed by atoms with Gasteiger partial charge in [-0.15, -0.1) is 0 Å². The van der Waals surface area contributed by atoms with Gasteiger partial charge in [0.2, 0.25) is 5.91 Å². The first kappa shape index (κ1) is 17.9. The van der Waals surface area contributed by atoms with Crippen molar-refractivity contribution in [2.75, 3.05) is 25.5 Å². The van der Waals surface area contributed by atoms with Crippen LogP contribution >= 0.6 is 0 Å². The Hall–Kier alpha value is -2.90. The SMILES string of the molecule is CC(=O)N(C)[C@H]1CCN(C(=O)c2ccc(NCc3ccnn3C)nc2)C1.